The summed E-state index contributed by atoms with van der Waals surface area (Å²) in [5.41, 5.74) is -2.34. The van der Waals surface area contributed by atoms with Gasteiger partial charge < -0.3 is 19.9 Å². The van der Waals surface area contributed by atoms with Gasteiger partial charge in [0.25, 0.3) is 0 Å². The topological polar surface area (TPSA) is 84.9 Å². The lowest BCUT2D eigenvalue weighted by atomic mass is 9.55. The van der Waals surface area contributed by atoms with Crippen LogP contribution in [-0.4, -0.2) is 48.4 Å². The second-order valence-electron chi connectivity index (χ2n) is 12.8. The number of ether oxygens (including phenoxy) is 2. The minimum absolute atomic E-state index is 0.220. The van der Waals surface area contributed by atoms with Crippen LogP contribution in [0.3, 0.4) is 0 Å². The number of carbonyl (C=O) groups excluding carboxylic acids is 1. The van der Waals surface area contributed by atoms with E-state index in [-0.39, 0.29) is 16.9 Å². The number of nitrogens with one attached hydrogen (secondary N) is 1. The van der Waals surface area contributed by atoms with Crippen molar-refractivity contribution in [1.29, 1.82) is 0 Å². The normalized spacial score (nSPS) is 17.4. The highest BCUT2D eigenvalue weighted by atomic mass is 16.5. The molecule has 6 heteroatoms. The standard InChI is InChI=1S/C26H51NO5/c1-14-26(12,17-31-13)32-16-15-24(8,9)27-20(28)18(22(2,3)4)19(21(29)30)25(10,11)23(5,6)7/h18-19H,14-17H2,1-13H3,(H,27,28)(H,29,30). The van der Waals surface area contributed by atoms with E-state index in [2.05, 4.69) is 12.2 Å². The van der Waals surface area contributed by atoms with Crippen molar-refractivity contribution in [3.8, 4) is 0 Å². The van der Waals surface area contributed by atoms with E-state index < -0.39 is 34.2 Å². The van der Waals surface area contributed by atoms with E-state index in [1.165, 1.54) is 0 Å². The fraction of sp³-hybridized carbons (Fsp3) is 0.923. The summed E-state index contributed by atoms with van der Waals surface area (Å²) >= 11 is 0. The van der Waals surface area contributed by atoms with Crippen LogP contribution in [0.2, 0.25) is 0 Å². The number of carboxylic acids is 1. The van der Waals surface area contributed by atoms with Crippen molar-refractivity contribution in [3.05, 3.63) is 0 Å². The van der Waals surface area contributed by atoms with Gasteiger partial charge >= 0.3 is 5.97 Å². The summed E-state index contributed by atoms with van der Waals surface area (Å²) in [6.45, 7) is 24.8. The molecule has 190 valence electrons. The second-order valence-corrected chi connectivity index (χ2v) is 12.8. The summed E-state index contributed by atoms with van der Waals surface area (Å²) in [5.74, 6) is -2.68. The van der Waals surface area contributed by atoms with Gasteiger partial charge in [0.2, 0.25) is 5.91 Å². The number of amides is 1. The molecule has 0 heterocycles. The number of methoxy groups -OCH3 is 1. The minimum Gasteiger partial charge on any atom is -0.481 e. The Balaban J connectivity index is 5.73. The van der Waals surface area contributed by atoms with Gasteiger partial charge in [-0.25, -0.2) is 0 Å². The van der Waals surface area contributed by atoms with E-state index in [4.69, 9.17) is 9.47 Å². The minimum atomic E-state index is -0.931. The number of hydrogen-bond acceptors (Lipinski definition) is 4. The average molecular weight is 458 g/mol. The second kappa shape index (κ2) is 10.9. The molecule has 0 spiro atoms. The Morgan fingerprint density at radius 2 is 1.41 bits per heavy atom. The molecule has 0 aliphatic rings. The highest BCUT2D eigenvalue weighted by Gasteiger charge is 2.53. The third kappa shape index (κ3) is 8.33. The summed E-state index contributed by atoms with van der Waals surface area (Å²) in [4.78, 5) is 26.1. The van der Waals surface area contributed by atoms with Crippen molar-refractivity contribution in [2.45, 2.75) is 107 Å². The SMILES string of the molecule is CCC(C)(COC)OCCC(C)(C)NC(=O)C(C(C(=O)O)C(C)(C)C(C)(C)C)C(C)(C)C. The van der Waals surface area contributed by atoms with E-state index in [1.54, 1.807) is 7.11 Å². The Hall–Kier alpha value is -1.14. The van der Waals surface area contributed by atoms with E-state index in [1.807, 2.05) is 76.2 Å². The third-order valence-corrected chi connectivity index (χ3v) is 7.36. The van der Waals surface area contributed by atoms with Gasteiger partial charge in [0.05, 0.1) is 24.0 Å². The molecule has 0 aromatic rings. The first-order valence-electron chi connectivity index (χ1n) is 11.8. The molecule has 0 aliphatic heterocycles. The molecule has 2 N–H and O–H groups in total. The number of hydrogen-bond donors (Lipinski definition) is 2. The molecule has 0 bridgehead atoms. The molecule has 0 radical (unpaired) electrons. The van der Waals surface area contributed by atoms with Crippen LogP contribution < -0.4 is 5.32 Å². The Morgan fingerprint density at radius 1 is 0.906 bits per heavy atom. The Bertz CT molecular complexity index is 627. The fourth-order valence-corrected chi connectivity index (χ4v) is 3.96. The predicted octanol–water partition coefficient (Wildman–Crippen LogP) is 5.54. The lowest BCUT2D eigenvalue weighted by molar-refractivity contribution is -0.162. The van der Waals surface area contributed by atoms with Crippen molar-refractivity contribution in [2.24, 2.45) is 28.1 Å². The molecule has 1 amide bonds. The summed E-state index contributed by atoms with van der Waals surface area (Å²) < 4.78 is 11.4. The van der Waals surface area contributed by atoms with Crippen LogP contribution >= 0.6 is 0 Å². The van der Waals surface area contributed by atoms with Crippen LogP contribution in [0.4, 0.5) is 0 Å². The third-order valence-electron chi connectivity index (χ3n) is 7.36. The van der Waals surface area contributed by atoms with E-state index in [0.29, 0.717) is 19.6 Å². The number of carboxylic acid groups (broad SMARTS) is 1. The van der Waals surface area contributed by atoms with Crippen LogP contribution in [0.15, 0.2) is 0 Å². The lowest BCUT2D eigenvalue weighted by Crippen LogP contribution is -2.56. The Kier molecular flexibility index (Phi) is 10.5. The molecule has 0 fully saturated rings. The lowest BCUT2D eigenvalue weighted by Gasteiger charge is -2.49. The molecule has 0 saturated heterocycles. The van der Waals surface area contributed by atoms with Crippen molar-refractivity contribution < 1.29 is 24.2 Å². The Labute approximate surface area is 197 Å². The van der Waals surface area contributed by atoms with Gasteiger partial charge in [-0.15, -0.1) is 0 Å². The maximum Gasteiger partial charge on any atom is 0.307 e. The number of carbonyl (C=O) groups is 2. The molecule has 0 rings (SSSR count). The molecule has 32 heavy (non-hydrogen) atoms. The van der Waals surface area contributed by atoms with Crippen LogP contribution in [0.1, 0.15) is 95.9 Å². The van der Waals surface area contributed by atoms with Gasteiger partial charge in [0, 0.05) is 19.3 Å². The smallest absolute Gasteiger partial charge is 0.307 e. The molecular formula is C26H51NO5. The molecule has 6 nitrogen and oxygen atoms in total. The van der Waals surface area contributed by atoms with Crippen molar-refractivity contribution in [2.75, 3.05) is 20.3 Å². The summed E-state index contributed by atoms with van der Waals surface area (Å²) in [6.07, 6.45) is 1.43. The van der Waals surface area contributed by atoms with Crippen LogP contribution in [0, 0.1) is 28.1 Å². The van der Waals surface area contributed by atoms with Gasteiger partial charge in [-0.3, -0.25) is 9.59 Å². The van der Waals surface area contributed by atoms with Crippen molar-refractivity contribution in [3.63, 3.8) is 0 Å². The first-order chi connectivity index (χ1) is 14.1. The highest BCUT2D eigenvalue weighted by Crippen LogP contribution is 2.51. The first-order valence-corrected chi connectivity index (χ1v) is 11.8. The molecule has 0 aliphatic carbocycles. The molecular weight excluding hydrogens is 406 g/mol. The zero-order valence-electron chi connectivity index (χ0n) is 23.1. The van der Waals surface area contributed by atoms with E-state index >= 15 is 0 Å². The monoisotopic (exact) mass is 457 g/mol. The van der Waals surface area contributed by atoms with Crippen LogP contribution in [0.25, 0.3) is 0 Å². The van der Waals surface area contributed by atoms with E-state index in [0.717, 1.165) is 6.42 Å². The molecule has 0 aromatic carbocycles. The van der Waals surface area contributed by atoms with Gasteiger partial charge in [0.15, 0.2) is 0 Å². The molecule has 0 saturated carbocycles. The first kappa shape index (κ1) is 30.9. The quantitative estimate of drug-likeness (QED) is 0.402. The van der Waals surface area contributed by atoms with Crippen LogP contribution in [-0.2, 0) is 19.1 Å². The number of rotatable bonds is 12. The predicted molar refractivity (Wildman–Crippen MR) is 131 cm³/mol. The summed E-state index contributed by atoms with van der Waals surface area (Å²) in [7, 11) is 1.66. The average Bonchev–Trinajstić information content (AvgIpc) is 2.56. The zero-order valence-corrected chi connectivity index (χ0v) is 23.1. The van der Waals surface area contributed by atoms with Crippen molar-refractivity contribution in [1.82, 2.24) is 5.32 Å². The molecule has 3 unspecified atom stereocenters. The fourth-order valence-electron chi connectivity index (χ4n) is 3.96. The van der Waals surface area contributed by atoms with Gasteiger partial charge in [0.1, 0.15) is 0 Å². The molecule has 3 atom stereocenters. The summed E-state index contributed by atoms with van der Waals surface area (Å²) in [6, 6.07) is 0. The maximum atomic E-state index is 13.6. The maximum absolute atomic E-state index is 13.6. The zero-order chi connectivity index (χ0) is 25.8. The van der Waals surface area contributed by atoms with Crippen LogP contribution in [0.5, 0.6) is 0 Å². The highest BCUT2D eigenvalue weighted by molar-refractivity contribution is 5.86. The summed E-state index contributed by atoms with van der Waals surface area (Å²) in [5, 5.41) is 13.4. The largest absolute Gasteiger partial charge is 0.481 e. The number of aliphatic carboxylic acids is 1. The Morgan fingerprint density at radius 3 is 1.75 bits per heavy atom. The van der Waals surface area contributed by atoms with Gasteiger partial charge in [-0.1, -0.05) is 62.3 Å². The van der Waals surface area contributed by atoms with Gasteiger partial charge in [-0.2, -0.15) is 0 Å². The van der Waals surface area contributed by atoms with Crippen molar-refractivity contribution >= 4 is 11.9 Å². The van der Waals surface area contributed by atoms with Gasteiger partial charge in [-0.05, 0) is 49.9 Å². The molecule has 0 aromatic heterocycles. The van der Waals surface area contributed by atoms with E-state index in [9.17, 15) is 14.7 Å².